The fourth-order valence-electron chi connectivity index (χ4n) is 0.863. The van der Waals surface area contributed by atoms with Crippen LogP contribution in [-0.2, 0) is 11.3 Å². The molecule has 7 nitrogen and oxygen atoms in total. The zero-order chi connectivity index (χ0) is 11.3. The molecule has 0 atom stereocenters. The van der Waals surface area contributed by atoms with Crippen LogP contribution in [0.5, 0.6) is 0 Å². The maximum Gasteiger partial charge on any atom is 0.358 e. The van der Waals surface area contributed by atoms with E-state index in [9.17, 15) is 9.59 Å². The molecule has 1 aromatic heterocycles. The number of aromatic carboxylic acids is 1. The highest BCUT2D eigenvalue weighted by atomic mass is 16.4. The van der Waals surface area contributed by atoms with Gasteiger partial charge in [-0.2, -0.15) is 0 Å². The molecule has 0 saturated carbocycles. The van der Waals surface area contributed by atoms with Crippen molar-refractivity contribution in [3.63, 3.8) is 0 Å². The number of nitrogens with zero attached hydrogens (tertiary/aromatic N) is 3. The number of hydrogen-bond acceptors (Lipinski definition) is 4. The third-order valence-corrected chi connectivity index (χ3v) is 1.51. The van der Waals surface area contributed by atoms with Gasteiger partial charge in [0.05, 0.1) is 6.20 Å². The van der Waals surface area contributed by atoms with Gasteiger partial charge >= 0.3 is 5.97 Å². The molecule has 0 bridgehead atoms. The monoisotopic (exact) mass is 210 g/mol. The van der Waals surface area contributed by atoms with Gasteiger partial charge in [-0.3, -0.25) is 4.79 Å². The number of carbonyl (C=O) groups is 2. The lowest BCUT2D eigenvalue weighted by Crippen LogP contribution is -2.27. The summed E-state index contributed by atoms with van der Waals surface area (Å²) in [6.07, 6.45) is 2.73. The van der Waals surface area contributed by atoms with E-state index >= 15 is 0 Å². The maximum atomic E-state index is 11.2. The lowest BCUT2D eigenvalue weighted by Gasteiger charge is -2.00. The second kappa shape index (κ2) is 4.89. The lowest BCUT2D eigenvalue weighted by molar-refractivity contribution is -0.121. The van der Waals surface area contributed by atoms with Crippen LogP contribution in [0.25, 0.3) is 0 Å². The Morgan fingerprint density at radius 2 is 2.40 bits per heavy atom. The van der Waals surface area contributed by atoms with E-state index in [4.69, 9.17) is 5.11 Å². The minimum Gasteiger partial charge on any atom is -0.476 e. The highest BCUT2D eigenvalue weighted by Crippen LogP contribution is 1.92. The second-order valence-corrected chi connectivity index (χ2v) is 2.70. The molecular formula is C8H10N4O3. The van der Waals surface area contributed by atoms with Crippen LogP contribution in [0.1, 0.15) is 10.5 Å². The van der Waals surface area contributed by atoms with Crippen LogP contribution in [0.3, 0.4) is 0 Å². The quantitative estimate of drug-likeness (QED) is 0.625. The molecule has 0 aliphatic rings. The van der Waals surface area contributed by atoms with E-state index < -0.39 is 5.97 Å². The Hall–Kier alpha value is -2.18. The minimum absolute atomic E-state index is 0.0614. The zero-order valence-electron chi connectivity index (χ0n) is 7.88. The standard InChI is InChI=1S/C8H10N4O3/c1-2-3-9-7(13)5-12-4-6(8(14)15)10-11-12/h2,4H,1,3,5H2,(H,9,13)(H,14,15). The van der Waals surface area contributed by atoms with Gasteiger partial charge < -0.3 is 10.4 Å². The topological polar surface area (TPSA) is 97.1 Å². The summed E-state index contributed by atoms with van der Waals surface area (Å²) in [7, 11) is 0. The Morgan fingerprint density at radius 1 is 1.67 bits per heavy atom. The first-order valence-electron chi connectivity index (χ1n) is 4.14. The van der Waals surface area contributed by atoms with E-state index in [-0.39, 0.29) is 18.1 Å². The van der Waals surface area contributed by atoms with Crippen LogP contribution in [0.15, 0.2) is 18.9 Å². The molecule has 0 fully saturated rings. The van der Waals surface area contributed by atoms with Gasteiger partial charge in [-0.05, 0) is 0 Å². The lowest BCUT2D eigenvalue weighted by atomic mass is 10.5. The summed E-state index contributed by atoms with van der Waals surface area (Å²) in [4.78, 5) is 21.6. The molecule has 0 radical (unpaired) electrons. The first-order chi connectivity index (χ1) is 7.13. The SMILES string of the molecule is C=CCNC(=O)Cn1cc(C(=O)O)nn1. The number of rotatable bonds is 5. The van der Waals surface area contributed by atoms with Gasteiger partial charge in [-0.15, -0.1) is 11.7 Å². The molecule has 1 heterocycles. The number of carboxylic acids is 1. The van der Waals surface area contributed by atoms with Gasteiger partial charge in [0.1, 0.15) is 6.54 Å². The first kappa shape index (κ1) is 10.9. The first-order valence-corrected chi connectivity index (χ1v) is 4.14. The average molecular weight is 210 g/mol. The molecule has 0 unspecified atom stereocenters. The second-order valence-electron chi connectivity index (χ2n) is 2.70. The Morgan fingerprint density at radius 3 is 2.93 bits per heavy atom. The number of hydrogen-bond donors (Lipinski definition) is 2. The van der Waals surface area contributed by atoms with Crippen LogP contribution in [0, 0.1) is 0 Å². The van der Waals surface area contributed by atoms with E-state index in [1.807, 2.05) is 0 Å². The number of nitrogens with one attached hydrogen (secondary N) is 1. The van der Waals surface area contributed by atoms with Crippen molar-refractivity contribution >= 4 is 11.9 Å². The van der Waals surface area contributed by atoms with Gasteiger partial charge in [0.25, 0.3) is 0 Å². The molecule has 7 heteroatoms. The summed E-state index contributed by atoms with van der Waals surface area (Å²) < 4.78 is 1.15. The van der Waals surface area contributed by atoms with Crippen molar-refractivity contribution in [3.8, 4) is 0 Å². The van der Waals surface area contributed by atoms with Crippen molar-refractivity contribution in [2.24, 2.45) is 0 Å². The number of carboxylic acid groups (broad SMARTS) is 1. The Balaban J connectivity index is 2.53. The van der Waals surface area contributed by atoms with Crippen molar-refractivity contribution in [1.29, 1.82) is 0 Å². The van der Waals surface area contributed by atoms with Gasteiger partial charge in [-0.25, -0.2) is 9.48 Å². The molecule has 1 rings (SSSR count). The summed E-state index contributed by atoms with van der Waals surface area (Å²) in [5, 5.41) is 17.9. The van der Waals surface area contributed by atoms with Gasteiger partial charge in [-0.1, -0.05) is 11.3 Å². The van der Waals surface area contributed by atoms with Crippen LogP contribution in [-0.4, -0.2) is 38.5 Å². The average Bonchev–Trinajstić information content (AvgIpc) is 2.63. The Kier molecular flexibility index (Phi) is 3.55. The van der Waals surface area contributed by atoms with Crippen LogP contribution >= 0.6 is 0 Å². The van der Waals surface area contributed by atoms with Crippen molar-refractivity contribution in [1.82, 2.24) is 20.3 Å². The molecular weight excluding hydrogens is 200 g/mol. The van der Waals surface area contributed by atoms with E-state index in [0.717, 1.165) is 4.68 Å². The fourth-order valence-corrected chi connectivity index (χ4v) is 0.863. The molecule has 2 N–H and O–H groups in total. The van der Waals surface area contributed by atoms with Crippen LogP contribution in [0.4, 0.5) is 0 Å². The Bertz CT molecular complexity index is 385. The van der Waals surface area contributed by atoms with Crippen LogP contribution in [0.2, 0.25) is 0 Å². The van der Waals surface area contributed by atoms with Gasteiger partial charge in [0.15, 0.2) is 5.69 Å². The molecule has 1 amide bonds. The van der Waals surface area contributed by atoms with E-state index in [2.05, 4.69) is 22.2 Å². The van der Waals surface area contributed by atoms with Crippen molar-refractivity contribution in [2.45, 2.75) is 6.54 Å². The summed E-state index contributed by atoms with van der Waals surface area (Å²) in [5.74, 6) is -1.45. The molecule has 0 aliphatic carbocycles. The number of carbonyl (C=O) groups excluding carboxylic acids is 1. The molecule has 1 aromatic rings. The van der Waals surface area contributed by atoms with Crippen molar-refractivity contribution in [3.05, 3.63) is 24.5 Å². The largest absolute Gasteiger partial charge is 0.476 e. The fraction of sp³-hybridized carbons (Fsp3) is 0.250. The summed E-state index contributed by atoms with van der Waals surface area (Å²) in [6.45, 7) is 3.74. The molecule has 0 spiro atoms. The van der Waals surface area contributed by atoms with E-state index in [0.29, 0.717) is 6.54 Å². The zero-order valence-corrected chi connectivity index (χ0v) is 7.88. The summed E-state index contributed by atoms with van der Waals surface area (Å²) in [5.41, 5.74) is -0.188. The highest BCUT2D eigenvalue weighted by molar-refractivity contribution is 5.84. The molecule has 80 valence electrons. The number of amides is 1. The van der Waals surface area contributed by atoms with Gasteiger partial charge in [0.2, 0.25) is 5.91 Å². The normalized spacial score (nSPS) is 9.60. The number of aromatic nitrogens is 3. The highest BCUT2D eigenvalue weighted by Gasteiger charge is 2.09. The summed E-state index contributed by atoms with van der Waals surface area (Å²) >= 11 is 0. The van der Waals surface area contributed by atoms with E-state index in [1.54, 1.807) is 6.08 Å². The van der Waals surface area contributed by atoms with E-state index in [1.165, 1.54) is 6.20 Å². The molecule has 0 aromatic carbocycles. The van der Waals surface area contributed by atoms with Gasteiger partial charge in [0, 0.05) is 6.54 Å². The van der Waals surface area contributed by atoms with Crippen molar-refractivity contribution < 1.29 is 14.7 Å². The maximum absolute atomic E-state index is 11.2. The summed E-state index contributed by atoms with van der Waals surface area (Å²) in [6, 6.07) is 0. The third-order valence-electron chi connectivity index (χ3n) is 1.51. The Labute approximate surface area is 85.4 Å². The molecule has 0 aliphatic heterocycles. The van der Waals surface area contributed by atoms with Crippen LogP contribution < -0.4 is 5.32 Å². The predicted molar refractivity (Wildman–Crippen MR) is 50.2 cm³/mol. The molecule has 15 heavy (non-hydrogen) atoms. The minimum atomic E-state index is -1.17. The molecule has 0 saturated heterocycles. The predicted octanol–water partition coefficient (Wildman–Crippen LogP) is -0.722. The smallest absolute Gasteiger partial charge is 0.358 e. The van der Waals surface area contributed by atoms with Crippen molar-refractivity contribution in [2.75, 3.05) is 6.54 Å². The third kappa shape index (κ3) is 3.22.